The number of carbonyl (C=O) groups is 1. The number of rotatable bonds is 9. The number of morpholine rings is 1. The van der Waals surface area contributed by atoms with E-state index < -0.39 is 15.9 Å². The van der Waals surface area contributed by atoms with E-state index in [1.54, 1.807) is 12.1 Å². The predicted octanol–water partition coefficient (Wildman–Crippen LogP) is 3.35. The SMILES string of the molecule is CCOc1ccc(OCCNC(=O)c2ccc(Cl)c(S(=O)(=O)N3CC(C)OC(C)C3)c2)cc1. The van der Waals surface area contributed by atoms with E-state index in [0.717, 1.165) is 5.75 Å². The van der Waals surface area contributed by atoms with Crippen LogP contribution < -0.4 is 14.8 Å². The smallest absolute Gasteiger partial charge is 0.251 e. The maximum Gasteiger partial charge on any atom is 0.251 e. The number of halogens is 1. The minimum Gasteiger partial charge on any atom is -0.494 e. The fourth-order valence-electron chi connectivity index (χ4n) is 3.54. The monoisotopic (exact) mass is 496 g/mol. The quantitative estimate of drug-likeness (QED) is 0.535. The Balaban J connectivity index is 1.60. The Morgan fingerprint density at radius 2 is 1.70 bits per heavy atom. The number of nitrogens with one attached hydrogen (secondary N) is 1. The summed E-state index contributed by atoms with van der Waals surface area (Å²) < 4.78 is 44.3. The second-order valence-electron chi connectivity index (χ2n) is 7.73. The van der Waals surface area contributed by atoms with Gasteiger partial charge in [0.1, 0.15) is 23.0 Å². The number of ether oxygens (including phenoxy) is 3. The average molecular weight is 497 g/mol. The molecule has 0 aromatic heterocycles. The first-order chi connectivity index (χ1) is 15.7. The minimum atomic E-state index is -3.88. The van der Waals surface area contributed by atoms with Gasteiger partial charge in [-0.3, -0.25) is 4.79 Å². The lowest BCUT2D eigenvalue weighted by Crippen LogP contribution is -2.48. The molecule has 2 atom stereocenters. The van der Waals surface area contributed by atoms with Crippen LogP contribution in [0.3, 0.4) is 0 Å². The molecule has 1 amide bonds. The van der Waals surface area contributed by atoms with Crippen molar-refractivity contribution in [2.75, 3.05) is 32.8 Å². The van der Waals surface area contributed by atoms with Gasteiger partial charge in [-0.05, 0) is 63.2 Å². The average Bonchev–Trinajstić information content (AvgIpc) is 2.77. The van der Waals surface area contributed by atoms with E-state index in [2.05, 4.69) is 5.32 Å². The van der Waals surface area contributed by atoms with E-state index in [4.69, 9.17) is 25.8 Å². The van der Waals surface area contributed by atoms with E-state index in [-0.39, 0.29) is 53.9 Å². The van der Waals surface area contributed by atoms with E-state index in [0.29, 0.717) is 12.4 Å². The third-order valence-corrected chi connectivity index (χ3v) is 7.30. The Bertz CT molecular complexity index is 1050. The van der Waals surface area contributed by atoms with Gasteiger partial charge in [-0.2, -0.15) is 4.31 Å². The van der Waals surface area contributed by atoms with Crippen molar-refractivity contribution in [3.8, 4) is 11.5 Å². The largest absolute Gasteiger partial charge is 0.494 e. The Labute approximate surface area is 199 Å². The van der Waals surface area contributed by atoms with E-state index in [9.17, 15) is 13.2 Å². The van der Waals surface area contributed by atoms with Crippen molar-refractivity contribution in [1.82, 2.24) is 9.62 Å². The first-order valence-corrected chi connectivity index (χ1v) is 12.6. The van der Waals surface area contributed by atoms with Gasteiger partial charge >= 0.3 is 0 Å². The van der Waals surface area contributed by atoms with Crippen LogP contribution in [-0.2, 0) is 14.8 Å². The Morgan fingerprint density at radius 3 is 2.30 bits per heavy atom. The number of carbonyl (C=O) groups excluding carboxylic acids is 1. The molecule has 0 aliphatic carbocycles. The fourth-order valence-corrected chi connectivity index (χ4v) is 5.63. The minimum absolute atomic E-state index is 0.0668. The van der Waals surface area contributed by atoms with Gasteiger partial charge in [-0.1, -0.05) is 11.6 Å². The molecule has 1 aliphatic rings. The molecule has 1 heterocycles. The number of amides is 1. The van der Waals surface area contributed by atoms with Crippen molar-refractivity contribution in [3.05, 3.63) is 53.1 Å². The first-order valence-electron chi connectivity index (χ1n) is 10.8. The molecule has 10 heteroatoms. The molecule has 0 saturated carbocycles. The molecule has 1 fully saturated rings. The van der Waals surface area contributed by atoms with E-state index in [1.807, 2.05) is 32.9 Å². The second-order valence-corrected chi connectivity index (χ2v) is 10.0. The van der Waals surface area contributed by atoms with Crippen molar-refractivity contribution >= 4 is 27.5 Å². The molecule has 1 aliphatic heterocycles. The highest BCUT2D eigenvalue weighted by Gasteiger charge is 2.33. The molecule has 1 saturated heterocycles. The predicted molar refractivity (Wildman–Crippen MR) is 126 cm³/mol. The Morgan fingerprint density at radius 1 is 1.09 bits per heavy atom. The molecule has 0 radical (unpaired) electrons. The highest BCUT2D eigenvalue weighted by atomic mass is 35.5. The highest BCUT2D eigenvalue weighted by molar-refractivity contribution is 7.89. The van der Waals surface area contributed by atoms with Gasteiger partial charge in [-0.25, -0.2) is 8.42 Å². The lowest BCUT2D eigenvalue weighted by atomic mass is 10.2. The van der Waals surface area contributed by atoms with Crippen LogP contribution in [0.2, 0.25) is 5.02 Å². The maximum absolute atomic E-state index is 13.2. The summed E-state index contributed by atoms with van der Waals surface area (Å²) in [6, 6.07) is 11.4. The highest BCUT2D eigenvalue weighted by Crippen LogP contribution is 2.28. The van der Waals surface area contributed by atoms with Crippen LogP contribution in [0.5, 0.6) is 11.5 Å². The Hall–Kier alpha value is -2.33. The molecule has 8 nitrogen and oxygen atoms in total. The normalized spacial score (nSPS) is 19.2. The van der Waals surface area contributed by atoms with Crippen LogP contribution in [0.25, 0.3) is 0 Å². The van der Waals surface area contributed by atoms with Gasteiger partial charge < -0.3 is 19.5 Å². The fraction of sp³-hybridized carbons (Fsp3) is 0.435. The van der Waals surface area contributed by atoms with Gasteiger partial charge in [0, 0.05) is 18.7 Å². The standard InChI is InChI=1S/C23H29ClN2O6S/c1-4-30-19-6-8-20(9-7-19)31-12-11-25-23(27)18-5-10-21(24)22(13-18)33(28,29)26-14-16(2)32-17(3)15-26/h5-10,13,16-17H,4,11-12,14-15H2,1-3H3,(H,25,27). The maximum atomic E-state index is 13.2. The summed E-state index contributed by atoms with van der Waals surface area (Å²) in [5, 5.41) is 2.80. The van der Waals surface area contributed by atoms with E-state index in [1.165, 1.54) is 22.5 Å². The summed E-state index contributed by atoms with van der Waals surface area (Å²) >= 11 is 6.21. The van der Waals surface area contributed by atoms with Crippen molar-refractivity contribution in [1.29, 1.82) is 0 Å². The molecule has 0 bridgehead atoms. The van der Waals surface area contributed by atoms with Crippen molar-refractivity contribution in [2.24, 2.45) is 0 Å². The Kier molecular flexibility index (Phi) is 8.58. The number of hydrogen-bond donors (Lipinski definition) is 1. The van der Waals surface area contributed by atoms with E-state index >= 15 is 0 Å². The van der Waals surface area contributed by atoms with Gasteiger partial charge in [0.15, 0.2) is 0 Å². The summed E-state index contributed by atoms with van der Waals surface area (Å²) in [6.07, 6.45) is -0.465. The molecule has 180 valence electrons. The van der Waals surface area contributed by atoms with Crippen molar-refractivity contribution < 1.29 is 27.4 Å². The lowest BCUT2D eigenvalue weighted by molar-refractivity contribution is -0.0440. The molecule has 2 aromatic rings. The molecule has 2 aromatic carbocycles. The van der Waals surface area contributed by atoms with Crippen LogP contribution in [-0.4, -0.2) is 63.7 Å². The number of hydrogen-bond acceptors (Lipinski definition) is 6. The summed E-state index contributed by atoms with van der Waals surface area (Å²) in [4.78, 5) is 12.5. The third-order valence-electron chi connectivity index (χ3n) is 4.99. The molecular formula is C23H29ClN2O6S. The first kappa shape index (κ1) is 25.3. The molecule has 3 rings (SSSR count). The van der Waals surface area contributed by atoms with Crippen molar-refractivity contribution in [2.45, 2.75) is 37.9 Å². The number of sulfonamides is 1. The van der Waals surface area contributed by atoms with Gasteiger partial charge in [-0.15, -0.1) is 0 Å². The molecule has 0 spiro atoms. The van der Waals surface area contributed by atoms with Crippen molar-refractivity contribution in [3.63, 3.8) is 0 Å². The summed E-state index contributed by atoms with van der Waals surface area (Å²) in [5.41, 5.74) is 0.202. The second kappa shape index (κ2) is 11.2. The van der Waals surface area contributed by atoms with Crippen LogP contribution in [0.1, 0.15) is 31.1 Å². The zero-order chi connectivity index (χ0) is 24.0. The zero-order valence-electron chi connectivity index (χ0n) is 18.9. The van der Waals surface area contributed by atoms with Gasteiger partial charge in [0.25, 0.3) is 5.91 Å². The molecular weight excluding hydrogens is 468 g/mol. The molecule has 2 unspecified atom stereocenters. The summed E-state index contributed by atoms with van der Waals surface area (Å²) in [5.74, 6) is 0.997. The summed E-state index contributed by atoms with van der Waals surface area (Å²) in [7, 11) is -3.88. The van der Waals surface area contributed by atoms with Crippen LogP contribution >= 0.6 is 11.6 Å². The number of benzene rings is 2. The van der Waals surface area contributed by atoms with Crippen LogP contribution in [0, 0.1) is 0 Å². The van der Waals surface area contributed by atoms with Gasteiger partial charge in [0.2, 0.25) is 10.0 Å². The van der Waals surface area contributed by atoms with Crippen LogP contribution in [0.4, 0.5) is 0 Å². The zero-order valence-corrected chi connectivity index (χ0v) is 20.5. The third kappa shape index (κ3) is 6.60. The molecule has 1 N–H and O–H groups in total. The summed E-state index contributed by atoms with van der Waals surface area (Å²) in [6.45, 7) is 7.08. The molecule has 33 heavy (non-hydrogen) atoms. The number of nitrogens with zero attached hydrogens (tertiary/aromatic N) is 1. The van der Waals surface area contributed by atoms with Gasteiger partial charge in [0.05, 0.1) is 30.4 Å². The van der Waals surface area contributed by atoms with Crippen LogP contribution in [0.15, 0.2) is 47.4 Å². The lowest BCUT2D eigenvalue weighted by Gasteiger charge is -2.34. The topological polar surface area (TPSA) is 94.2 Å².